The molecular formula is C29H33N3O3. The van der Waals surface area contributed by atoms with E-state index in [0.717, 1.165) is 22.0 Å². The molecule has 1 heterocycles. The number of amides is 3. The maximum Gasteiger partial charge on any atom is 0.258 e. The first kappa shape index (κ1) is 24.5. The SMILES string of the molecule is C[C@@H](C(=O)NC(C)(C)C)N(Cc1ccccc1)C(=O)CCCN1C(=O)c2cccc3cccc1c23. The zero-order valence-electron chi connectivity index (χ0n) is 20.9. The summed E-state index contributed by atoms with van der Waals surface area (Å²) >= 11 is 0. The first-order valence-corrected chi connectivity index (χ1v) is 12.1. The van der Waals surface area contributed by atoms with Crippen LogP contribution in [-0.2, 0) is 16.1 Å². The average molecular weight is 472 g/mol. The zero-order valence-corrected chi connectivity index (χ0v) is 20.9. The Hall–Kier alpha value is -3.67. The van der Waals surface area contributed by atoms with Crippen LogP contribution < -0.4 is 10.2 Å². The van der Waals surface area contributed by atoms with Crippen molar-refractivity contribution < 1.29 is 14.4 Å². The lowest BCUT2D eigenvalue weighted by molar-refractivity contribution is -0.141. The van der Waals surface area contributed by atoms with E-state index in [-0.39, 0.29) is 29.7 Å². The van der Waals surface area contributed by atoms with E-state index in [0.29, 0.717) is 25.1 Å². The first-order valence-electron chi connectivity index (χ1n) is 12.1. The van der Waals surface area contributed by atoms with Gasteiger partial charge in [-0.1, -0.05) is 54.6 Å². The third-order valence-corrected chi connectivity index (χ3v) is 6.28. The van der Waals surface area contributed by atoms with E-state index in [4.69, 9.17) is 0 Å². The maximum atomic E-state index is 13.4. The molecule has 1 atom stereocenters. The minimum atomic E-state index is -0.617. The van der Waals surface area contributed by atoms with Crippen molar-refractivity contribution in [2.75, 3.05) is 11.4 Å². The predicted octanol–water partition coefficient (Wildman–Crippen LogP) is 4.91. The second-order valence-electron chi connectivity index (χ2n) is 10.2. The quantitative estimate of drug-likeness (QED) is 0.507. The molecule has 6 nitrogen and oxygen atoms in total. The summed E-state index contributed by atoms with van der Waals surface area (Å²) in [5.41, 5.74) is 2.18. The summed E-state index contributed by atoms with van der Waals surface area (Å²) in [7, 11) is 0. The molecule has 1 aliphatic rings. The molecular weight excluding hydrogens is 438 g/mol. The van der Waals surface area contributed by atoms with Crippen molar-refractivity contribution in [3.63, 3.8) is 0 Å². The van der Waals surface area contributed by atoms with Crippen molar-refractivity contribution in [1.29, 1.82) is 0 Å². The lowest BCUT2D eigenvalue weighted by Gasteiger charge is -2.31. The molecule has 0 spiro atoms. The van der Waals surface area contributed by atoms with E-state index >= 15 is 0 Å². The molecule has 0 bridgehead atoms. The second-order valence-corrected chi connectivity index (χ2v) is 10.2. The Labute approximate surface area is 206 Å². The van der Waals surface area contributed by atoms with Crippen LogP contribution in [0.15, 0.2) is 66.7 Å². The highest BCUT2D eigenvalue weighted by atomic mass is 16.2. The summed E-state index contributed by atoms with van der Waals surface area (Å²) in [4.78, 5) is 42.7. The van der Waals surface area contributed by atoms with Crippen LogP contribution in [0.2, 0.25) is 0 Å². The Morgan fingerprint density at radius 2 is 1.66 bits per heavy atom. The van der Waals surface area contributed by atoms with Crippen molar-refractivity contribution in [3.05, 3.63) is 77.9 Å². The monoisotopic (exact) mass is 471 g/mol. The van der Waals surface area contributed by atoms with Gasteiger partial charge in [0.2, 0.25) is 11.8 Å². The van der Waals surface area contributed by atoms with Crippen LogP contribution in [-0.4, -0.2) is 40.7 Å². The number of carbonyl (C=O) groups is 3. The third-order valence-electron chi connectivity index (χ3n) is 6.28. The summed E-state index contributed by atoms with van der Waals surface area (Å²) in [5.74, 6) is -0.310. The summed E-state index contributed by atoms with van der Waals surface area (Å²) in [6.07, 6.45) is 0.754. The van der Waals surface area contributed by atoms with Gasteiger partial charge in [0.25, 0.3) is 5.91 Å². The number of nitrogens with zero attached hydrogens (tertiary/aromatic N) is 2. The van der Waals surface area contributed by atoms with Gasteiger partial charge in [0, 0.05) is 36.0 Å². The molecule has 0 aromatic heterocycles. The Morgan fingerprint density at radius 3 is 2.34 bits per heavy atom. The van der Waals surface area contributed by atoms with Crippen LogP contribution in [0.5, 0.6) is 0 Å². The zero-order chi connectivity index (χ0) is 25.2. The van der Waals surface area contributed by atoms with Gasteiger partial charge in [-0.3, -0.25) is 14.4 Å². The van der Waals surface area contributed by atoms with Gasteiger partial charge in [-0.15, -0.1) is 0 Å². The molecule has 0 saturated heterocycles. The summed E-state index contributed by atoms with van der Waals surface area (Å²) in [6, 6.07) is 20.8. The minimum absolute atomic E-state index is 0.0247. The molecule has 182 valence electrons. The number of nitrogens with one attached hydrogen (secondary N) is 1. The van der Waals surface area contributed by atoms with Gasteiger partial charge in [-0.05, 0) is 57.2 Å². The van der Waals surface area contributed by atoms with Crippen LogP contribution in [0.1, 0.15) is 56.5 Å². The molecule has 3 aromatic carbocycles. The molecule has 0 unspecified atom stereocenters. The molecule has 0 radical (unpaired) electrons. The fraction of sp³-hybridized carbons (Fsp3) is 0.345. The van der Waals surface area contributed by atoms with Gasteiger partial charge in [-0.25, -0.2) is 0 Å². The van der Waals surface area contributed by atoms with Crippen molar-refractivity contribution in [2.24, 2.45) is 0 Å². The van der Waals surface area contributed by atoms with Crippen LogP contribution in [0.25, 0.3) is 10.8 Å². The Bertz CT molecular complexity index is 1240. The number of rotatable bonds is 8. The standard InChI is InChI=1S/C29H33N3O3/c1-20(27(34)30-29(2,3)4)32(19-21-11-6-5-7-12-21)25(33)17-10-18-31-24-16-9-14-22-13-8-15-23(26(22)24)28(31)35/h5-9,11-16,20H,10,17-19H2,1-4H3,(H,30,34)/t20-/m0/s1. The van der Waals surface area contributed by atoms with E-state index in [1.165, 1.54) is 0 Å². The van der Waals surface area contributed by atoms with Crippen LogP contribution in [0.4, 0.5) is 5.69 Å². The largest absolute Gasteiger partial charge is 0.350 e. The summed E-state index contributed by atoms with van der Waals surface area (Å²) in [5, 5.41) is 5.00. The van der Waals surface area contributed by atoms with Gasteiger partial charge < -0.3 is 15.1 Å². The Morgan fingerprint density at radius 1 is 0.971 bits per heavy atom. The molecule has 35 heavy (non-hydrogen) atoms. The topological polar surface area (TPSA) is 69.7 Å². The van der Waals surface area contributed by atoms with Crippen LogP contribution >= 0.6 is 0 Å². The molecule has 6 heteroatoms. The minimum Gasteiger partial charge on any atom is -0.350 e. The van der Waals surface area contributed by atoms with Crippen molar-refractivity contribution in [2.45, 2.75) is 58.7 Å². The predicted molar refractivity (Wildman–Crippen MR) is 139 cm³/mol. The molecule has 0 aliphatic carbocycles. The highest BCUT2D eigenvalue weighted by Gasteiger charge is 2.31. The Balaban J connectivity index is 1.46. The van der Waals surface area contributed by atoms with E-state index in [9.17, 15) is 14.4 Å². The number of carbonyl (C=O) groups excluding carboxylic acids is 3. The number of benzene rings is 3. The maximum absolute atomic E-state index is 13.4. The fourth-order valence-corrected chi connectivity index (χ4v) is 4.57. The molecule has 0 fully saturated rings. The van der Waals surface area contributed by atoms with Gasteiger partial charge in [0.1, 0.15) is 6.04 Å². The van der Waals surface area contributed by atoms with Gasteiger partial charge in [-0.2, -0.15) is 0 Å². The van der Waals surface area contributed by atoms with Crippen LogP contribution in [0, 0.1) is 0 Å². The lowest BCUT2D eigenvalue weighted by Crippen LogP contribution is -2.52. The van der Waals surface area contributed by atoms with Crippen LogP contribution in [0.3, 0.4) is 0 Å². The molecule has 0 saturated carbocycles. The highest BCUT2D eigenvalue weighted by Crippen LogP contribution is 2.37. The smallest absolute Gasteiger partial charge is 0.258 e. The number of hydrogen-bond acceptors (Lipinski definition) is 3. The van der Waals surface area contributed by atoms with Gasteiger partial charge >= 0.3 is 0 Å². The van der Waals surface area contributed by atoms with E-state index < -0.39 is 6.04 Å². The summed E-state index contributed by atoms with van der Waals surface area (Å²) < 4.78 is 0. The molecule has 1 N–H and O–H groups in total. The lowest BCUT2D eigenvalue weighted by atomic mass is 10.1. The highest BCUT2D eigenvalue weighted by molar-refractivity contribution is 6.25. The van der Waals surface area contributed by atoms with E-state index in [2.05, 4.69) is 5.32 Å². The molecule has 1 aliphatic heterocycles. The first-order chi connectivity index (χ1) is 16.7. The number of hydrogen-bond donors (Lipinski definition) is 1. The van der Waals surface area contributed by atoms with Crippen molar-refractivity contribution in [1.82, 2.24) is 10.2 Å². The average Bonchev–Trinajstić information content (AvgIpc) is 3.09. The van der Waals surface area contributed by atoms with E-state index in [1.54, 1.807) is 16.7 Å². The van der Waals surface area contributed by atoms with E-state index in [1.807, 2.05) is 87.5 Å². The normalized spacial score (nSPS) is 13.7. The van der Waals surface area contributed by atoms with Crippen molar-refractivity contribution in [3.8, 4) is 0 Å². The Kier molecular flexibility index (Phi) is 6.92. The fourth-order valence-electron chi connectivity index (χ4n) is 4.57. The summed E-state index contributed by atoms with van der Waals surface area (Å²) in [6.45, 7) is 8.33. The van der Waals surface area contributed by atoms with Gasteiger partial charge in [0.15, 0.2) is 0 Å². The number of anilines is 1. The second kappa shape index (κ2) is 9.90. The molecule has 3 amide bonds. The molecule has 3 aromatic rings. The van der Waals surface area contributed by atoms with Gasteiger partial charge in [0.05, 0.1) is 5.69 Å². The van der Waals surface area contributed by atoms with Crippen molar-refractivity contribution >= 4 is 34.2 Å². The molecule has 4 rings (SSSR count). The third kappa shape index (κ3) is 5.37.